The maximum Gasteiger partial charge on any atom is 0.278 e. The van der Waals surface area contributed by atoms with E-state index in [1.165, 1.54) is 6.08 Å². The predicted octanol–water partition coefficient (Wildman–Crippen LogP) is 0.696. The van der Waals surface area contributed by atoms with Gasteiger partial charge in [0.2, 0.25) is 5.43 Å². The van der Waals surface area contributed by atoms with Crippen molar-refractivity contribution in [3.05, 3.63) is 50.4 Å². The number of fused-ring (bicyclic) bond motifs is 2. The van der Waals surface area contributed by atoms with Gasteiger partial charge in [-0.25, -0.2) is 0 Å². The molecule has 0 saturated carbocycles. The number of allylic oxidation sites excluding steroid dienone is 1. The quantitative estimate of drug-likeness (QED) is 0.628. The topological polar surface area (TPSA) is 115 Å². The van der Waals surface area contributed by atoms with Gasteiger partial charge in [-0.05, 0) is 23.8 Å². The molecule has 2 N–H and O–H groups in total. The largest absolute Gasteiger partial charge is 0.320 e. The fraction of sp³-hybridized carbons (Fsp3) is 0. The van der Waals surface area contributed by atoms with E-state index in [0.29, 0.717) is 16.5 Å². The Morgan fingerprint density at radius 2 is 2.15 bits per heavy atom. The van der Waals surface area contributed by atoms with Crippen LogP contribution in [-0.4, -0.2) is 20.4 Å². The highest BCUT2D eigenvalue weighted by molar-refractivity contribution is 5.87. The number of hydrogen-bond acceptors (Lipinski definition) is 5. The standard InChI is InChI=1S/C13H7N5O2/c14-5-1-2-7-3-4-8-9(6-7)15-13(20)11-10(12(8)19)16-18-17-11/h1-4,6H,(H,15,20)(H,16,17,18). The fourth-order valence-corrected chi connectivity index (χ4v) is 1.96. The van der Waals surface area contributed by atoms with Gasteiger partial charge >= 0.3 is 0 Å². The second-order valence-corrected chi connectivity index (χ2v) is 4.09. The molecule has 3 aromatic rings. The Bertz CT molecular complexity index is 1010. The number of nitrogens with zero attached hydrogens (tertiary/aromatic N) is 3. The van der Waals surface area contributed by atoms with E-state index in [1.807, 2.05) is 6.07 Å². The zero-order chi connectivity index (χ0) is 14.1. The Morgan fingerprint density at radius 3 is 2.95 bits per heavy atom. The number of rotatable bonds is 1. The van der Waals surface area contributed by atoms with Gasteiger partial charge in [0.05, 0.1) is 11.6 Å². The van der Waals surface area contributed by atoms with Crippen LogP contribution in [-0.2, 0) is 0 Å². The SMILES string of the molecule is N#CC=Cc1ccc2c(=O)c3[nH]nnc3c(=O)[nH]c2c1. The summed E-state index contributed by atoms with van der Waals surface area (Å²) in [5.41, 5.74) is 0.278. The van der Waals surface area contributed by atoms with Crippen LogP contribution in [0.4, 0.5) is 0 Å². The molecule has 2 aromatic heterocycles. The van der Waals surface area contributed by atoms with Gasteiger partial charge in [-0.3, -0.25) is 14.7 Å². The summed E-state index contributed by atoms with van der Waals surface area (Å²) in [5.74, 6) is 0. The summed E-state index contributed by atoms with van der Waals surface area (Å²) < 4.78 is 0. The average molecular weight is 265 g/mol. The van der Waals surface area contributed by atoms with E-state index in [-0.39, 0.29) is 16.5 Å². The summed E-state index contributed by atoms with van der Waals surface area (Å²) in [4.78, 5) is 26.8. The number of aromatic amines is 2. The maximum absolute atomic E-state index is 12.3. The molecule has 0 aliphatic rings. The van der Waals surface area contributed by atoms with Crippen LogP contribution in [0.3, 0.4) is 0 Å². The van der Waals surface area contributed by atoms with Crippen LogP contribution in [0.5, 0.6) is 0 Å². The van der Waals surface area contributed by atoms with Crippen molar-refractivity contribution in [2.24, 2.45) is 0 Å². The lowest BCUT2D eigenvalue weighted by molar-refractivity contribution is 0.955. The van der Waals surface area contributed by atoms with E-state index in [0.717, 1.165) is 0 Å². The Hall–Kier alpha value is -3.27. The van der Waals surface area contributed by atoms with E-state index in [4.69, 9.17) is 5.26 Å². The zero-order valence-electron chi connectivity index (χ0n) is 10.0. The molecule has 0 aliphatic heterocycles. The van der Waals surface area contributed by atoms with Gasteiger partial charge in [-0.15, -0.1) is 5.10 Å². The number of H-pyrrole nitrogens is 2. The van der Waals surface area contributed by atoms with E-state index in [1.54, 1.807) is 24.3 Å². The van der Waals surface area contributed by atoms with Crippen molar-refractivity contribution < 1.29 is 0 Å². The van der Waals surface area contributed by atoms with Gasteiger partial charge in [-0.1, -0.05) is 11.3 Å². The monoisotopic (exact) mass is 265 g/mol. The molecule has 1 aromatic carbocycles. The van der Waals surface area contributed by atoms with Gasteiger partial charge in [-0.2, -0.15) is 5.26 Å². The van der Waals surface area contributed by atoms with Crippen LogP contribution >= 0.6 is 0 Å². The fourth-order valence-electron chi connectivity index (χ4n) is 1.96. The minimum absolute atomic E-state index is 0.0275. The van der Waals surface area contributed by atoms with Crippen molar-refractivity contribution in [2.75, 3.05) is 0 Å². The molecule has 2 heterocycles. The number of nitrogens with one attached hydrogen (secondary N) is 2. The van der Waals surface area contributed by atoms with Crippen molar-refractivity contribution >= 4 is 28.0 Å². The third kappa shape index (κ3) is 1.76. The predicted molar refractivity (Wildman–Crippen MR) is 72.9 cm³/mol. The summed E-state index contributed by atoms with van der Waals surface area (Å²) in [6.07, 6.45) is 2.90. The molecule has 20 heavy (non-hydrogen) atoms. The third-order valence-electron chi connectivity index (χ3n) is 2.88. The summed E-state index contributed by atoms with van der Waals surface area (Å²) >= 11 is 0. The van der Waals surface area contributed by atoms with Crippen LogP contribution in [0.15, 0.2) is 33.9 Å². The molecule has 0 saturated heterocycles. The summed E-state index contributed by atoms with van der Waals surface area (Å²) in [5, 5.41) is 18.4. The number of benzene rings is 1. The van der Waals surface area contributed by atoms with Gasteiger partial charge in [0, 0.05) is 11.5 Å². The first kappa shape index (κ1) is 11.8. The Labute approximate surface area is 111 Å². The van der Waals surface area contributed by atoms with Crippen LogP contribution in [0.25, 0.3) is 28.0 Å². The minimum atomic E-state index is -0.498. The van der Waals surface area contributed by atoms with Crippen molar-refractivity contribution in [1.29, 1.82) is 5.26 Å². The zero-order valence-corrected chi connectivity index (χ0v) is 10.0. The van der Waals surface area contributed by atoms with E-state index in [9.17, 15) is 9.59 Å². The summed E-state index contributed by atoms with van der Waals surface area (Å²) in [6.45, 7) is 0. The van der Waals surface area contributed by atoms with Gasteiger partial charge in [0.25, 0.3) is 5.56 Å². The molecule has 0 aliphatic carbocycles. The highest BCUT2D eigenvalue weighted by atomic mass is 16.1. The molecular formula is C13H7N5O2. The molecule has 0 atom stereocenters. The first-order chi connectivity index (χ1) is 9.70. The van der Waals surface area contributed by atoms with Crippen LogP contribution in [0, 0.1) is 11.3 Å². The molecule has 7 nitrogen and oxygen atoms in total. The van der Waals surface area contributed by atoms with E-state index in [2.05, 4.69) is 20.4 Å². The van der Waals surface area contributed by atoms with Crippen molar-refractivity contribution in [3.63, 3.8) is 0 Å². The van der Waals surface area contributed by atoms with Crippen molar-refractivity contribution in [1.82, 2.24) is 20.4 Å². The molecule has 3 rings (SSSR count). The molecule has 0 fully saturated rings. The first-order valence-electron chi connectivity index (χ1n) is 5.68. The lowest BCUT2D eigenvalue weighted by atomic mass is 10.1. The second-order valence-electron chi connectivity index (χ2n) is 4.09. The van der Waals surface area contributed by atoms with Crippen LogP contribution < -0.4 is 11.0 Å². The molecule has 0 bridgehead atoms. The number of aromatic nitrogens is 4. The highest BCUT2D eigenvalue weighted by Gasteiger charge is 2.09. The first-order valence-corrected chi connectivity index (χ1v) is 5.68. The highest BCUT2D eigenvalue weighted by Crippen LogP contribution is 2.11. The van der Waals surface area contributed by atoms with Gasteiger partial charge in [0.15, 0.2) is 5.52 Å². The van der Waals surface area contributed by atoms with Crippen LogP contribution in [0.1, 0.15) is 5.56 Å². The Kier molecular flexibility index (Phi) is 2.62. The number of hydrogen-bond donors (Lipinski definition) is 2. The Balaban J connectivity index is 2.47. The molecule has 7 heteroatoms. The molecule has 0 radical (unpaired) electrons. The van der Waals surface area contributed by atoms with E-state index >= 15 is 0 Å². The molecule has 0 unspecified atom stereocenters. The third-order valence-corrected chi connectivity index (χ3v) is 2.88. The molecule has 0 spiro atoms. The summed E-state index contributed by atoms with van der Waals surface area (Å²) in [6, 6.07) is 6.78. The number of nitriles is 1. The van der Waals surface area contributed by atoms with E-state index < -0.39 is 5.56 Å². The second kappa shape index (κ2) is 4.44. The summed E-state index contributed by atoms with van der Waals surface area (Å²) in [7, 11) is 0. The Morgan fingerprint density at radius 1 is 1.30 bits per heavy atom. The lowest BCUT2D eigenvalue weighted by Gasteiger charge is -1.94. The van der Waals surface area contributed by atoms with Gasteiger partial charge in [0.1, 0.15) is 5.52 Å². The van der Waals surface area contributed by atoms with Crippen molar-refractivity contribution in [3.8, 4) is 6.07 Å². The minimum Gasteiger partial charge on any atom is -0.320 e. The van der Waals surface area contributed by atoms with Gasteiger partial charge < -0.3 is 4.98 Å². The molecule has 96 valence electrons. The maximum atomic E-state index is 12.3. The van der Waals surface area contributed by atoms with Crippen molar-refractivity contribution in [2.45, 2.75) is 0 Å². The smallest absolute Gasteiger partial charge is 0.278 e. The molecule has 0 amide bonds. The average Bonchev–Trinajstić information content (AvgIpc) is 2.90. The molecular weight excluding hydrogens is 258 g/mol. The lowest BCUT2D eigenvalue weighted by Crippen LogP contribution is -2.02. The van der Waals surface area contributed by atoms with Crippen LogP contribution in [0.2, 0.25) is 0 Å². The normalized spacial score (nSPS) is 11.2.